The van der Waals surface area contributed by atoms with Crippen molar-refractivity contribution in [3.8, 4) is 5.75 Å². The zero-order valence-corrected chi connectivity index (χ0v) is 9.88. The predicted molar refractivity (Wildman–Crippen MR) is 69.0 cm³/mol. The quantitative estimate of drug-likeness (QED) is 0.462. The van der Waals surface area contributed by atoms with Crippen LogP contribution in [0.3, 0.4) is 0 Å². The van der Waals surface area contributed by atoms with Crippen LogP contribution in [0.4, 0.5) is 0 Å². The lowest BCUT2D eigenvalue weighted by Gasteiger charge is -1.98. The van der Waals surface area contributed by atoms with Crippen LogP contribution in [-0.4, -0.2) is 27.4 Å². The summed E-state index contributed by atoms with van der Waals surface area (Å²) in [5.41, 5.74) is 2.98. The predicted octanol–water partition coefficient (Wildman–Crippen LogP) is 0.101. The number of phenols is 1. The molecule has 0 aliphatic rings. The third kappa shape index (κ3) is 3.56. The van der Waals surface area contributed by atoms with E-state index >= 15 is 0 Å². The fourth-order valence-electron chi connectivity index (χ4n) is 1.45. The highest BCUT2D eigenvalue weighted by Gasteiger charge is 2.04. The number of nitrogens with zero attached hydrogens (tertiary/aromatic N) is 1. The molecule has 0 saturated heterocycles. The molecule has 0 saturated carbocycles. The highest BCUT2D eigenvalue weighted by atomic mass is 16.3. The smallest absolute Gasteiger partial charge is 0.264 e. The van der Waals surface area contributed by atoms with Gasteiger partial charge in [-0.3, -0.25) is 14.7 Å². The molecule has 1 amide bonds. The highest BCUT2D eigenvalue weighted by Crippen LogP contribution is 2.12. The zero-order valence-electron chi connectivity index (χ0n) is 9.88. The van der Waals surface area contributed by atoms with Crippen LogP contribution < -0.4 is 11.0 Å². The number of aromatic hydroxyl groups is 1. The Hall–Kier alpha value is -2.83. The van der Waals surface area contributed by atoms with Gasteiger partial charge in [0.2, 0.25) is 5.91 Å². The molecular formula is C12H12N4O3. The largest absolute Gasteiger partial charge is 0.507 e. The second-order valence-electron chi connectivity index (χ2n) is 3.81. The topological polar surface area (TPSA) is 110 Å². The Bertz CT molecular complexity index is 657. The van der Waals surface area contributed by atoms with Crippen LogP contribution in [0.15, 0.2) is 40.2 Å². The molecule has 2 rings (SSSR count). The van der Waals surface area contributed by atoms with Crippen LogP contribution in [0.1, 0.15) is 11.3 Å². The van der Waals surface area contributed by atoms with Crippen LogP contribution in [-0.2, 0) is 11.2 Å². The number of aromatic amines is 2. The van der Waals surface area contributed by atoms with Crippen molar-refractivity contribution in [3.05, 3.63) is 51.9 Å². The molecule has 1 aromatic heterocycles. The number of hydrogen-bond acceptors (Lipinski definition) is 4. The van der Waals surface area contributed by atoms with Crippen molar-refractivity contribution in [3.63, 3.8) is 0 Å². The molecule has 0 atom stereocenters. The highest BCUT2D eigenvalue weighted by molar-refractivity contribution is 5.85. The normalized spacial score (nSPS) is 10.7. The van der Waals surface area contributed by atoms with Crippen molar-refractivity contribution >= 4 is 12.1 Å². The maximum absolute atomic E-state index is 11.5. The number of amides is 1. The summed E-state index contributed by atoms with van der Waals surface area (Å²) < 4.78 is 0. The fourth-order valence-corrected chi connectivity index (χ4v) is 1.45. The molecule has 0 bridgehead atoms. The Morgan fingerprint density at radius 3 is 2.84 bits per heavy atom. The summed E-state index contributed by atoms with van der Waals surface area (Å²) in [6.45, 7) is 0. The summed E-state index contributed by atoms with van der Waals surface area (Å²) in [4.78, 5) is 22.3. The van der Waals surface area contributed by atoms with E-state index in [0.29, 0.717) is 11.3 Å². The second-order valence-corrected chi connectivity index (χ2v) is 3.81. The summed E-state index contributed by atoms with van der Waals surface area (Å²) in [5.74, 6) is -0.294. The first-order chi connectivity index (χ1) is 9.15. The lowest BCUT2D eigenvalue weighted by Crippen LogP contribution is -2.20. The lowest BCUT2D eigenvalue weighted by molar-refractivity contribution is -0.120. The van der Waals surface area contributed by atoms with E-state index in [4.69, 9.17) is 0 Å². The minimum absolute atomic E-state index is 0.0108. The third-order valence-electron chi connectivity index (χ3n) is 2.33. The molecule has 7 nitrogen and oxygen atoms in total. The first-order valence-corrected chi connectivity index (χ1v) is 5.51. The Morgan fingerprint density at radius 2 is 2.16 bits per heavy atom. The van der Waals surface area contributed by atoms with Crippen LogP contribution in [0.25, 0.3) is 0 Å². The van der Waals surface area contributed by atoms with E-state index in [1.807, 2.05) is 0 Å². The van der Waals surface area contributed by atoms with Crippen molar-refractivity contribution in [1.29, 1.82) is 0 Å². The molecule has 0 radical (unpaired) electrons. The van der Waals surface area contributed by atoms with E-state index in [2.05, 4.69) is 20.7 Å². The van der Waals surface area contributed by atoms with Crippen LogP contribution in [0, 0.1) is 0 Å². The van der Waals surface area contributed by atoms with Crippen molar-refractivity contribution in [1.82, 2.24) is 15.6 Å². The van der Waals surface area contributed by atoms with Crippen LogP contribution in [0.2, 0.25) is 0 Å². The van der Waals surface area contributed by atoms with E-state index in [1.54, 1.807) is 18.2 Å². The number of phenolic OH excluding ortho intramolecular Hbond substituents is 1. The number of para-hydroxylation sites is 1. The van der Waals surface area contributed by atoms with Gasteiger partial charge >= 0.3 is 0 Å². The molecule has 0 unspecified atom stereocenters. The molecular weight excluding hydrogens is 248 g/mol. The molecule has 0 spiro atoms. The molecule has 0 fully saturated rings. The van der Waals surface area contributed by atoms with Gasteiger partial charge in [0.15, 0.2) is 0 Å². The maximum Gasteiger partial charge on any atom is 0.264 e. The van der Waals surface area contributed by atoms with Crippen molar-refractivity contribution in [2.75, 3.05) is 0 Å². The fraction of sp³-hybridized carbons (Fsp3) is 0.0833. The molecule has 0 aliphatic heterocycles. The van der Waals surface area contributed by atoms with Gasteiger partial charge in [0.25, 0.3) is 5.56 Å². The molecule has 2 aromatic rings. The van der Waals surface area contributed by atoms with Crippen LogP contribution >= 0.6 is 0 Å². The second kappa shape index (κ2) is 5.67. The Labute approximate surface area is 108 Å². The Kier molecular flexibility index (Phi) is 3.77. The third-order valence-corrected chi connectivity index (χ3v) is 2.33. The van der Waals surface area contributed by atoms with Gasteiger partial charge < -0.3 is 10.2 Å². The van der Waals surface area contributed by atoms with Crippen molar-refractivity contribution in [2.45, 2.75) is 6.42 Å². The van der Waals surface area contributed by atoms with E-state index in [-0.39, 0.29) is 23.6 Å². The molecule has 0 aliphatic carbocycles. The standard InChI is InChI=1S/C12H12N4O3/c17-10-4-2-1-3-8(10)7-13-15-11(18)5-9-6-12(19)16-14-9/h1-4,6-7,17H,5H2,(H,15,18)(H2,14,16,19)/b13-7-. The average Bonchev–Trinajstić information content (AvgIpc) is 2.77. The first-order valence-electron chi connectivity index (χ1n) is 5.51. The monoisotopic (exact) mass is 260 g/mol. The average molecular weight is 260 g/mol. The number of benzene rings is 1. The SMILES string of the molecule is O=C(Cc1cc(=O)[nH][nH]1)N/N=C\c1ccccc1O. The van der Waals surface area contributed by atoms with E-state index in [0.717, 1.165) is 0 Å². The summed E-state index contributed by atoms with van der Waals surface area (Å²) in [6, 6.07) is 7.91. The molecule has 7 heteroatoms. The van der Waals surface area contributed by atoms with E-state index in [1.165, 1.54) is 18.3 Å². The van der Waals surface area contributed by atoms with Gasteiger partial charge in [-0.05, 0) is 12.1 Å². The zero-order chi connectivity index (χ0) is 13.7. The number of nitrogens with one attached hydrogen (secondary N) is 3. The number of aromatic nitrogens is 2. The Morgan fingerprint density at radius 1 is 1.37 bits per heavy atom. The minimum Gasteiger partial charge on any atom is -0.507 e. The maximum atomic E-state index is 11.5. The van der Waals surface area contributed by atoms with E-state index in [9.17, 15) is 14.7 Å². The Balaban J connectivity index is 1.90. The molecule has 1 heterocycles. The minimum atomic E-state index is -0.373. The van der Waals surface area contributed by atoms with Gasteiger partial charge in [0, 0.05) is 17.3 Å². The molecule has 19 heavy (non-hydrogen) atoms. The number of H-pyrrole nitrogens is 2. The van der Waals surface area contributed by atoms with Crippen molar-refractivity contribution < 1.29 is 9.90 Å². The number of rotatable bonds is 4. The van der Waals surface area contributed by atoms with Gasteiger partial charge in [0.1, 0.15) is 5.75 Å². The van der Waals surface area contributed by atoms with Crippen molar-refractivity contribution in [2.24, 2.45) is 5.10 Å². The summed E-state index contributed by atoms with van der Waals surface area (Å²) in [6.07, 6.45) is 1.35. The van der Waals surface area contributed by atoms with E-state index < -0.39 is 0 Å². The number of hydrogen-bond donors (Lipinski definition) is 4. The molecule has 1 aromatic carbocycles. The number of hydrazone groups is 1. The van der Waals surface area contributed by atoms with Gasteiger partial charge in [-0.1, -0.05) is 12.1 Å². The number of carbonyl (C=O) groups excluding carboxylic acids is 1. The molecule has 98 valence electrons. The lowest BCUT2D eigenvalue weighted by atomic mass is 10.2. The summed E-state index contributed by atoms with van der Waals surface area (Å²) >= 11 is 0. The van der Waals surface area contributed by atoms with Gasteiger partial charge in [-0.2, -0.15) is 5.10 Å². The van der Waals surface area contributed by atoms with Gasteiger partial charge in [-0.15, -0.1) is 0 Å². The molecule has 4 N–H and O–H groups in total. The van der Waals surface area contributed by atoms with Gasteiger partial charge in [0.05, 0.1) is 12.6 Å². The summed E-state index contributed by atoms with van der Waals surface area (Å²) in [7, 11) is 0. The van der Waals surface area contributed by atoms with Gasteiger partial charge in [-0.25, -0.2) is 5.43 Å². The first kappa shape index (κ1) is 12.6. The van der Waals surface area contributed by atoms with Crippen LogP contribution in [0.5, 0.6) is 5.75 Å². The summed E-state index contributed by atoms with van der Waals surface area (Å²) in [5, 5.41) is 18.1. The number of carbonyl (C=O) groups is 1.